The van der Waals surface area contributed by atoms with Gasteiger partial charge in [-0.2, -0.15) is 0 Å². The summed E-state index contributed by atoms with van der Waals surface area (Å²) in [6.07, 6.45) is -0.588. The maximum atomic E-state index is 12.4. The van der Waals surface area contributed by atoms with Gasteiger partial charge in [0.05, 0.1) is 12.6 Å². The summed E-state index contributed by atoms with van der Waals surface area (Å²) >= 11 is 0. The lowest BCUT2D eigenvalue weighted by molar-refractivity contribution is -0.170. The topological polar surface area (TPSA) is 38.8 Å². The highest BCUT2D eigenvalue weighted by atomic mass is 16.8. The maximum Gasteiger partial charge on any atom is 0.255 e. The Labute approximate surface area is 113 Å². The number of amides is 1. The molecule has 2 aliphatic rings. The van der Waals surface area contributed by atoms with Gasteiger partial charge in [0, 0.05) is 0 Å². The van der Waals surface area contributed by atoms with E-state index in [1.807, 2.05) is 56.0 Å². The zero-order chi connectivity index (χ0) is 13.6. The molecule has 1 aromatic rings. The fraction of sp³-hybridized carbons (Fsp3) is 0.533. The molecule has 0 spiro atoms. The summed E-state index contributed by atoms with van der Waals surface area (Å²) in [4.78, 5) is 14.3. The number of fused-ring (bicyclic) bond motifs is 1. The van der Waals surface area contributed by atoms with E-state index in [1.54, 1.807) is 0 Å². The molecule has 3 unspecified atom stereocenters. The van der Waals surface area contributed by atoms with Crippen LogP contribution < -0.4 is 0 Å². The molecule has 2 fully saturated rings. The molecule has 0 N–H and O–H groups in total. The van der Waals surface area contributed by atoms with Crippen molar-refractivity contribution in [3.8, 4) is 0 Å². The quantitative estimate of drug-likeness (QED) is 0.818. The number of ether oxygens (including phenoxy) is 2. The molecule has 3 atom stereocenters. The van der Waals surface area contributed by atoms with Gasteiger partial charge in [0.1, 0.15) is 6.10 Å². The molecule has 19 heavy (non-hydrogen) atoms. The third-order valence-corrected chi connectivity index (χ3v) is 3.84. The number of hydrogen-bond acceptors (Lipinski definition) is 3. The van der Waals surface area contributed by atoms with Crippen LogP contribution in [0.15, 0.2) is 30.3 Å². The number of likely N-dealkylation sites (tertiary alicyclic amines) is 1. The van der Waals surface area contributed by atoms with Crippen LogP contribution >= 0.6 is 0 Å². The zero-order valence-electron chi connectivity index (χ0n) is 11.5. The van der Waals surface area contributed by atoms with E-state index < -0.39 is 11.9 Å². The molecule has 2 aliphatic heterocycles. The van der Waals surface area contributed by atoms with Crippen LogP contribution in [0.1, 0.15) is 32.4 Å². The molecule has 2 saturated heterocycles. The van der Waals surface area contributed by atoms with E-state index in [1.165, 1.54) is 0 Å². The average Bonchev–Trinajstić information content (AvgIpc) is 2.84. The number of carbonyl (C=O) groups excluding carboxylic acids is 1. The van der Waals surface area contributed by atoms with E-state index in [0.29, 0.717) is 6.54 Å². The van der Waals surface area contributed by atoms with Crippen molar-refractivity contribution in [2.24, 2.45) is 0 Å². The highest BCUT2D eigenvalue weighted by Gasteiger charge is 2.53. The van der Waals surface area contributed by atoms with Gasteiger partial charge < -0.3 is 14.4 Å². The third kappa shape index (κ3) is 2.15. The van der Waals surface area contributed by atoms with Crippen molar-refractivity contribution in [2.45, 2.75) is 44.8 Å². The monoisotopic (exact) mass is 261 g/mol. The average molecular weight is 261 g/mol. The molecule has 4 nitrogen and oxygen atoms in total. The summed E-state index contributed by atoms with van der Waals surface area (Å²) in [6.45, 7) is 6.34. The smallest absolute Gasteiger partial charge is 0.255 e. The number of rotatable bonds is 2. The summed E-state index contributed by atoms with van der Waals surface area (Å²) in [7, 11) is 0. The van der Waals surface area contributed by atoms with Crippen molar-refractivity contribution in [1.82, 2.24) is 4.90 Å². The lowest BCUT2D eigenvalue weighted by atomic mass is 10.1. The van der Waals surface area contributed by atoms with Crippen molar-refractivity contribution in [2.75, 3.05) is 6.54 Å². The van der Waals surface area contributed by atoms with E-state index in [2.05, 4.69) is 0 Å². The second-order valence-corrected chi connectivity index (χ2v) is 5.67. The maximum absolute atomic E-state index is 12.4. The van der Waals surface area contributed by atoms with Gasteiger partial charge in [-0.3, -0.25) is 4.79 Å². The highest BCUT2D eigenvalue weighted by molar-refractivity contribution is 5.85. The first-order valence-electron chi connectivity index (χ1n) is 6.69. The molecule has 0 aliphatic carbocycles. The van der Waals surface area contributed by atoms with Crippen LogP contribution in [0, 0.1) is 0 Å². The number of carbonyl (C=O) groups is 1. The summed E-state index contributed by atoms with van der Waals surface area (Å²) in [6, 6.07) is 10.1. The standard InChI is InChI=1S/C15H19NO3/c1-10(11-7-5-4-6-8-11)16-9-12-13(14(16)17)19-15(2,3)18-12/h4-8,10,12-13H,9H2,1-3H3. The van der Waals surface area contributed by atoms with E-state index in [-0.39, 0.29) is 18.1 Å². The van der Waals surface area contributed by atoms with Gasteiger partial charge in [-0.1, -0.05) is 30.3 Å². The summed E-state index contributed by atoms with van der Waals surface area (Å²) in [5, 5.41) is 0. The van der Waals surface area contributed by atoms with Crippen LogP contribution in [0.2, 0.25) is 0 Å². The normalized spacial score (nSPS) is 30.5. The molecule has 1 aromatic carbocycles. The van der Waals surface area contributed by atoms with Crippen LogP contribution in [-0.2, 0) is 14.3 Å². The van der Waals surface area contributed by atoms with Gasteiger partial charge in [-0.15, -0.1) is 0 Å². The van der Waals surface area contributed by atoms with E-state index in [9.17, 15) is 4.79 Å². The molecule has 2 heterocycles. The van der Waals surface area contributed by atoms with E-state index in [0.717, 1.165) is 5.56 Å². The van der Waals surface area contributed by atoms with Gasteiger partial charge in [0.15, 0.2) is 11.9 Å². The largest absolute Gasteiger partial charge is 0.342 e. The fourth-order valence-corrected chi connectivity index (χ4v) is 2.89. The molecule has 102 valence electrons. The van der Waals surface area contributed by atoms with Gasteiger partial charge >= 0.3 is 0 Å². The SMILES string of the molecule is CC(c1ccccc1)N1CC2OC(C)(C)OC2C1=O. The highest BCUT2D eigenvalue weighted by Crippen LogP contribution is 2.37. The number of nitrogens with zero attached hydrogens (tertiary/aromatic N) is 1. The van der Waals surface area contributed by atoms with Crippen molar-refractivity contribution in [3.05, 3.63) is 35.9 Å². The lowest BCUT2D eigenvalue weighted by Gasteiger charge is -2.28. The second kappa shape index (κ2) is 4.32. The molecule has 0 aromatic heterocycles. The second-order valence-electron chi connectivity index (χ2n) is 5.67. The molecule has 4 heteroatoms. The molecule has 0 bridgehead atoms. The summed E-state index contributed by atoms with van der Waals surface area (Å²) in [5.74, 6) is -0.612. The van der Waals surface area contributed by atoms with Crippen molar-refractivity contribution < 1.29 is 14.3 Å². The summed E-state index contributed by atoms with van der Waals surface area (Å²) < 4.78 is 11.5. The van der Waals surface area contributed by atoms with Crippen molar-refractivity contribution in [3.63, 3.8) is 0 Å². The molecule has 1 amide bonds. The Morgan fingerprint density at radius 2 is 1.95 bits per heavy atom. The van der Waals surface area contributed by atoms with Crippen molar-refractivity contribution >= 4 is 5.91 Å². The molecular weight excluding hydrogens is 242 g/mol. The summed E-state index contributed by atoms with van der Waals surface area (Å²) in [5.41, 5.74) is 1.13. The van der Waals surface area contributed by atoms with Crippen LogP contribution in [0.25, 0.3) is 0 Å². The zero-order valence-corrected chi connectivity index (χ0v) is 11.5. The Balaban J connectivity index is 1.77. The Morgan fingerprint density at radius 1 is 1.26 bits per heavy atom. The van der Waals surface area contributed by atoms with Gasteiger partial charge in [0.2, 0.25) is 0 Å². The molecule has 0 radical (unpaired) electrons. The van der Waals surface area contributed by atoms with Crippen LogP contribution in [0.5, 0.6) is 0 Å². The molecular formula is C15H19NO3. The minimum atomic E-state index is -0.646. The first-order chi connectivity index (χ1) is 8.98. The van der Waals surface area contributed by atoms with E-state index in [4.69, 9.17) is 9.47 Å². The number of hydrogen-bond donors (Lipinski definition) is 0. The van der Waals surface area contributed by atoms with Gasteiger partial charge in [-0.25, -0.2) is 0 Å². The van der Waals surface area contributed by atoms with Gasteiger partial charge in [0.25, 0.3) is 5.91 Å². The Bertz CT molecular complexity index is 485. The minimum Gasteiger partial charge on any atom is -0.342 e. The minimum absolute atomic E-state index is 0.0342. The molecule has 3 rings (SSSR count). The van der Waals surface area contributed by atoms with Crippen LogP contribution in [0.3, 0.4) is 0 Å². The van der Waals surface area contributed by atoms with Crippen LogP contribution in [-0.4, -0.2) is 35.3 Å². The lowest BCUT2D eigenvalue weighted by Crippen LogP contribution is -2.35. The Morgan fingerprint density at radius 3 is 2.58 bits per heavy atom. The Hall–Kier alpha value is -1.39. The fourth-order valence-electron chi connectivity index (χ4n) is 2.89. The van der Waals surface area contributed by atoms with Crippen molar-refractivity contribution in [1.29, 1.82) is 0 Å². The van der Waals surface area contributed by atoms with Gasteiger partial charge in [-0.05, 0) is 26.3 Å². The predicted octanol–water partition coefficient (Wildman–Crippen LogP) is 2.11. The van der Waals surface area contributed by atoms with Crippen LogP contribution in [0.4, 0.5) is 0 Å². The Kier molecular flexibility index (Phi) is 2.87. The number of benzene rings is 1. The van der Waals surface area contributed by atoms with E-state index >= 15 is 0 Å². The first-order valence-corrected chi connectivity index (χ1v) is 6.69. The third-order valence-electron chi connectivity index (χ3n) is 3.84. The first kappa shape index (κ1) is 12.6. The predicted molar refractivity (Wildman–Crippen MR) is 70.4 cm³/mol. The molecule has 0 saturated carbocycles.